The first-order chi connectivity index (χ1) is 9.73. The molecule has 24 heavy (non-hydrogen) atoms. The van der Waals surface area contributed by atoms with Crippen LogP contribution in [0.15, 0.2) is 77.5 Å². The number of halogens is 3. The van der Waals surface area contributed by atoms with Crippen molar-refractivity contribution in [2.45, 2.75) is 19.9 Å². The van der Waals surface area contributed by atoms with E-state index in [1.807, 2.05) is 0 Å². The fraction of sp³-hybridized carbons (Fsp3) is 0.158. The fourth-order valence-corrected chi connectivity index (χ4v) is 7.18. The molecule has 0 aromatic heterocycles. The summed E-state index contributed by atoms with van der Waals surface area (Å²) in [5, 5.41) is 4.47. The van der Waals surface area contributed by atoms with Crippen molar-refractivity contribution < 1.29 is 58.9 Å². The summed E-state index contributed by atoms with van der Waals surface area (Å²) < 4.78 is 0. The molecule has 0 radical (unpaired) electrons. The Morgan fingerprint density at radius 3 is 1.54 bits per heavy atom. The van der Waals surface area contributed by atoms with Gasteiger partial charge in [0.15, 0.2) is 0 Å². The predicted octanol–water partition coefficient (Wildman–Crippen LogP) is -5.49. The van der Waals surface area contributed by atoms with Crippen LogP contribution in [0.3, 0.4) is 0 Å². The zero-order chi connectivity index (χ0) is 14.0. The molecule has 0 saturated heterocycles. The van der Waals surface area contributed by atoms with Gasteiger partial charge in [-0.25, -0.2) is 5.57 Å². The largest absolute Gasteiger partial charge is 4.00 e. The van der Waals surface area contributed by atoms with Gasteiger partial charge in [-0.15, -0.1) is 6.42 Å². The van der Waals surface area contributed by atoms with Gasteiger partial charge in [0.2, 0.25) is 0 Å². The molecule has 3 rings (SSSR count). The van der Waals surface area contributed by atoms with Crippen molar-refractivity contribution in [2.24, 2.45) is 0 Å². The molecule has 0 fully saturated rings. The Bertz CT molecular complexity index is 630. The van der Waals surface area contributed by atoms with E-state index in [2.05, 4.69) is 86.3 Å². The smallest absolute Gasteiger partial charge is 1.00 e. The third-order valence-corrected chi connectivity index (χ3v) is 8.95. The van der Waals surface area contributed by atoms with Crippen LogP contribution >= 0.6 is 0 Å². The Balaban J connectivity index is 0. The molecule has 124 valence electrons. The SMILES string of the molecule is CC1=[C-]CC=C1[Si](C)(c1ccccc1)c1ccccc1.[Cl-].[Cl-].[Cl-].[Ti+4]. The summed E-state index contributed by atoms with van der Waals surface area (Å²) in [6.45, 7) is 4.66. The van der Waals surface area contributed by atoms with Gasteiger partial charge in [-0.3, -0.25) is 6.08 Å². The first-order valence-electron chi connectivity index (χ1n) is 7.12. The molecule has 0 heterocycles. The fourth-order valence-electron chi connectivity index (χ4n) is 3.15. The minimum Gasteiger partial charge on any atom is -1.00 e. The number of allylic oxidation sites excluding steroid dienone is 4. The van der Waals surface area contributed by atoms with E-state index < -0.39 is 8.07 Å². The van der Waals surface area contributed by atoms with Crippen LogP contribution in [0.2, 0.25) is 6.55 Å². The molecule has 1 aliphatic rings. The second-order valence-electron chi connectivity index (χ2n) is 5.48. The quantitative estimate of drug-likeness (QED) is 0.337. The van der Waals surface area contributed by atoms with Crippen molar-refractivity contribution in [1.29, 1.82) is 0 Å². The maximum atomic E-state index is 3.47. The molecule has 2 aromatic rings. The Labute approximate surface area is 180 Å². The van der Waals surface area contributed by atoms with Crippen LogP contribution < -0.4 is 47.6 Å². The van der Waals surface area contributed by atoms with Crippen LogP contribution in [0.5, 0.6) is 0 Å². The van der Waals surface area contributed by atoms with Crippen LogP contribution in [0.25, 0.3) is 0 Å². The van der Waals surface area contributed by atoms with Crippen molar-refractivity contribution in [3.63, 3.8) is 0 Å². The second-order valence-corrected chi connectivity index (χ2v) is 9.42. The Kier molecular flexibility index (Phi) is 12.3. The van der Waals surface area contributed by atoms with E-state index in [4.69, 9.17) is 0 Å². The molecule has 0 unspecified atom stereocenters. The van der Waals surface area contributed by atoms with E-state index in [1.54, 1.807) is 0 Å². The molecule has 5 heteroatoms. The van der Waals surface area contributed by atoms with E-state index in [1.165, 1.54) is 21.1 Å². The molecule has 1 aliphatic carbocycles. The standard InChI is InChI=1S/C19H19Si.3ClH.Ti/c1-16-10-9-15-19(16)20(2,17-11-5-3-6-12-17)18-13-7-4-8-14-18;;;;/h3-8,11-15H,9H2,1-2H3;3*1H;/q-1;;;;+4/p-3. The van der Waals surface area contributed by atoms with Crippen LogP contribution in [-0.4, -0.2) is 8.07 Å². The summed E-state index contributed by atoms with van der Waals surface area (Å²) in [7, 11) is -1.87. The van der Waals surface area contributed by atoms with Crippen molar-refractivity contribution in [3.05, 3.63) is 83.6 Å². The Hall–Kier alpha value is -0.279. The van der Waals surface area contributed by atoms with E-state index >= 15 is 0 Å². The van der Waals surface area contributed by atoms with Gasteiger partial charge in [0.1, 0.15) is 0 Å². The summed E-state index contributed by atoms with van der Waals surface area (Å²) in [5.41, 5.74) is 1.34. The summed E-state index contributed by atoms with van der Waals surface area (Å²) >= 11 is 0. The van der Waals surface area contributed by atoms with E-state index in [0.717, 1.165) is 6.42 Å². The zero-order valence-corrected chi connectivity index (χ0v) is 18.5. The normalized spacial score (nSPS) is 12.4. The van der Waals surface area contributed by atoms with Gasteiger partial charge >= 0.3 is 21.7 Å². The van der Waals surface area contributed by atoms with Gasteiger partial charge < -0.3 is 37.2 Å². The summed E-state index contributed by atoms with van der Waals surface area (Å²) in [6, 6.07) is 21.9. The van der Waals surface area contributed by atoms with Crippen molar-refractivity contribution in [1.82, 2.24) is 0 Å². The van der Waals surface area contributed by atoms with Gasteiger partial charge in [0, 0.05) is 0 Å². The molecule has 0 atom stereocenters. The maximum absolute atomic E-state index is 3.47. The van der Waals surface area contributed by atoms with Crippen LogP contribution in [0.4, 0.5) is 0 Å². The first kappa shape index (κ1) is 26.0. The van der Waals surface area contributed by atoms with Crippen molar-refractivity contribution >= 4 is 18.4 Å². The van der Waals surface area contributed by atoms with Crippen LogP contribution in [-0.2, 0) is 21.7 Å². The van der Waals surface area contributed by atoms with Gasteiger partial charge in [-0.05, 0) is 0 Å². The average molecular weight is 430 g/mol. The monoisotopic (exact) mass is 428 g/mol. The van der Waals surface area contributed by atoms with Gasteiger partial charge in [-0.1, -0.05) is 84.5 Å². The van der Waals surface area contributed by atoms with Gasteiger partial charge in [0.05, 0.1) is 8.07 Å². The van der Waals surface area contributed by atoms with Crippen LogP contribution in [0, 0.1) is 6.08 Å². The molecule has 0 amide bonds. The van der Waals surface area contributed by atoms with Crippen molar-refractivity contribution in [3.8, 4) is 0 Å². The number of benzene rings is 2. The summed E-state index contributed by atoms with van der Waals surface area (Å²) in [6.07, 6.45) is 6.81. The minimum atomic E-state index is -1.87. The van der Waals surface area contributed by atoms with Gasteiger partial charge in [0.25, 0.3) is 0 Å². The zero-order valence-electron chi connectivity index (χ0n) is 13.7. The molecule has 0 nitrogen and oxygen atoms in total. The third kappa shape index (κ3) is 4.88. The molecule has 0 aliphatic heterocycles. The maximum Gasteiger partial charge on any atom is 4.00 e. The van der Waals surface area contributed by atoms with E-state index in [9.17, 15) is 0 Å². The molecular formula is C19H19Cl3SiTi. The summed E-state index contributed by atoms with van der Waals surface area (Å²) in [4.78, 5) is 0. The number of hydrogen-bond donors (Lipinski definition) is 0. The molecule has 2 aromatic carbocycles. The van der Waals surface area contributed by atoms with E-state index in [-0.39, 0.29) is 58.9 Å². The third-order valence-electron chi connectivity index (χ3n) is 4.32. The van der Waals surface area contributed by atoms with Crippen molar-refractivity contribution in [2.75, 3.05) is 0 Å². The summed E-state index contributed by atoms with van der Waals surface area (Å²) in [5.74, 6) is 0. The second kappa shape index (κ2) is 11.4. The molecule has 0 saturated carbocycles. The number of hydrogen-bond acceptors (Lipinski definition) is 0. The minimum absolute atomic E-state index is 0. The predicted molar refractivity (Wildman–Crippen MR) is 88.9 cm³/mol. The molecule has 0 N–H and O–H groups in total. The first-order valence-corrected chi connectivity index (χ1v) is 9.62. The molecule has 0 bridgehead atoms. The molecule has 0 spiro atoms. The van der Waals surface area contributed by atoms with E-state index in [0.29, 0.717) is 0 Å². The average Bonchev–Trinajstić information content (AvgIpc) is 2.95. The number of rotatable bonds is 3. The Morgan fingerprint density at radius 1 is 0.792 bits per heavy atom. The molecular weight excluding hydrogens is 411 g/mol. The Morgan fingerprint density at radius 2 is 1.21 bits per heavy atom. The topological polar surface area (TPSA) is 0 Å². The van der Waals surface area contributed by atoms with Crippen LogP contribution in [0.1, 0.15) is 13.3 Å². The van der Waals surface area contributed by atoms with Gasteiger partial charge in [-0.2, -0.15) is 11.3 Å².